The van der Waals surface area contributed by atoms with E-state index in [1.54, 1.807) is 0 Å². The van der Waals surface area contributed by atoms with E-state index in [-0.39, 0.29) is 144 Å². The summed E-state index contributed by atoms with van der Waals surface area (Å²) >= 11 is 0. The van der Waals surface area contributed by atoms with E-state index in [0.29, 0.717) is 0 Å². The Bertz CT molecular complexity index is 24.0. The predicted molar refractivity (Wildman–Crippen MR) is 11.5 cm³/mol. The number of hydrogen-bond donors (Lipinski definition) is 0. The topological polar surface area (TPSA) is 0 Å². The molecular formula is CrCuFeMgMnSiTiZn. The molecule has 0 saturated carbocycles. The van der Waals surface area contributed by atoms with Gasteiger partial charge in [0, 0.05) is 144 Å². The van der Waals surface area contributed by atoms with Gasteiger partial charge in [-0.2, -0.15) is 0 Å². The molecule has 0 aliphatic carbocycles. The van der Waals surface area contributed by atoms with Crippen molar-refractivity contribution in [3.8, 4) is 0 Å². The Morgan fingerprint density at radius 1 is 1.00 bits per heavy atom. The van der Waals surface area contributed by atoms with Crippen LogP contribution >= 0.6 is 0 Å². The van der Waals surface area contributed by atoms with Crippen LogP contribution in [0.1, 0.15) is 0 Å². The van der Waals surface area contributed by atoms with Crippen molar-refractivity contribution in [2.45, 2.75) is 0 Å². The summed E-state index contributed by atoms with van der Waals surface area (Å²) in [6.07, 6.45) is 0. The molecule has 8 radical (unpaired) electrons. The van der Waals surface area contributed by atoms with Crippen LogP contribution in [0, 0.1) is 0 Å². The molecule has 0 aromatic carbocycles. The van der Waals surface area contributed by atoms with Gasteiger partial charge in [0.05, 0.1) is 0 Å². The number of rotatable bonds is 0. The first kappa shape index (κ1) is 83.0. The Kier molecular flexibility index (Phi) is 660. The van der Waals surface area contributed by atoms with Gasteiger partial charge < -0.3 is 0 Å². The molecule has 0 unspecified atom stereocenters. The maximum atomic E-state index is 0. The standard InChI is InChI=1S/Cr.Cu.Fe.Mg.Mn.Si.Ti.Zn. The van der Waals surface area contributed by atoms with Gasteiger partial charge >= 0.3 is 0 Å². The summed E-state index contributed by atoms with van der Waals surface area (Å²) in [5.74, 6) is 0. The summed E-state index contributed by atoms with van der Waals surface area (Å²) in [5, 5.41) is 0. The summed E-state index contributed by atoms with van der Waals surface area (Å²) in [6.45, 7) is 0. The van der Waals surface area contributed by atoms with Gasteiger partial charge in [-0.3, -0.25) is 0 Å². The molecule has 0 N–H and O–H groups in total. The fraction of sp³-hybridized carbons (Fsp3) is 0. The van der Waals surface area contributed by atoms with E-state index in [1.165, 1.54) is 0 Å². The maximum Gasteiger partial charge on any atom is 0 e. The van der Waals surface area contributed by atoms with Gasteiger partial charge in [0.2, 0.25) is 0 Å². The van der Waals surface area contributed by atoms with E-state index in [4.69, 9.17) is 0 Å². The predicted octanol–water partition coefficient (Wildman–Crippen LogP) is -0.777. The second-order valence-electron chi connectivity index (χ2n) is 0. The summed E-state index contributed by atoms with van der Waals surface area (Å²) in [5.41, 5.74) is 0. The molecule has 44 valence electrons. The normalized spacial score (nSPS) is 0. The van der Waals surface area contributed by atoms with Crippen molar-refractivity contribution in [2.24, 2.45) is 0 Å². The Morgan fingerprint density at radius 2 is 1.00 bits per heavy atom. The maximum absolute atomic E-state index is 0. The molecule has 0 aliphatic rings. The fourth-order valence-corrected chi connectivity index (χ4v) is 0. The first-order valence-corrected chi connectivity index (χ1v) is 0. The van der Waals surface area contributed by atoms with Crippen LogP contribution in [0.15, 0.2) is 0 Å². The van der Waals surface area contributed by atoms with Crippen LogP contribution in [0.4, 0.5) is 0 Å². The molecule has 0 aromatic rings. The molecule has 8 heavy (non-hydrogen) atoms. The SMILES string of the molecule is [Cr].[Cu].[Fe].[Mg].[Mn].[Si].[Ti].[Zn]. The van der Waals surface area contributed by atoms with E-state index < -0.39 is 0 Å². The molecule has 0 amide bonds. The van der Waals surface area contributed by atoms with Gasteiger partial charge in [-0.05, 0) is 0 Å². The Hall–Kier alpha value is 4.41. The minimum absolute atomic E-state index is 0. The van der Waals surface area contributed by atoms with E-state index >= 15 is 0 Å². The van der Waals surface area contributed by atoms with Gasteiger partial charge in [0.1, 0.15) is 0 Å². The zero-order valence-corrected chi connectivity index (χ0v) is 15.3. The first-order chi connectivity index (χ1) is 0. The van der Waals surface area contributed by atoms with E-state index in [2.05, 4.69) is 0 Å². The van der Waals surface area contributed by atoms with Crippen molar-refractivity contribution in [3.05, 3.63) is 0 Å². The molecule has 0 heterocycles. The van der Waals surface area contributed by atoms with Gasteiger partial charge in [-0.15, -0.1) is 0 Å². The summed E-state index contributed by atoms with van der Waals surface area (Å²) in [4.78, 5) is 0. The third-order valence-corrected chi connectivity index (χ3v) is 0. The van der Waals surface area contributed by atoms with Crippen molar-refractivity contribution in [2.75, 3.05) is 0 Å². The van der Waals surface area contributed by atoms with E-state index in [0.717, 1.165) is 0 Å². The molecule has 8 heteroatoms. The second kappa shape index (κ2) is 63.6. The van der Waals surface area contributed by atoms with Crippen molar-refractivity contribution in [3.63, 3.8) is 0 Å². The van der Waals surface area contributed by atoms with Crippen molar-refractivity contribution < 1.29 is 110 Å². The molecular weight excluding hydrogens is 392 g/mol. The minimum atomic E-state index is 0. The van der Waals surface area contributed by atoms with Crippen LogP contribution < -0.4 is 0 Å². The molecule has 0 atom stereocenters. The Balaban J connectivity index is 0. The Labute approximate surface area is 141 Å². The zero-order valence-electron chi connectivity index (χ0n) is 3.86. The smallest absolute Gasteiger partial charge is 0 e. The van der Waals surface area contributed by atoms with Gasteiger partial charge in [0.15, 0.2) is 0 Å². The third kappa shape index (κ3) is 47.4. The average molecular weight is 392 g/mol. The largest absolute Gasteiger partial charge is 0 e. The van der Waals surface area contributed by atoms with Gasteiger partial charge in [-0.25, -0.2) is 0 Å². The van der Waals surface area contributed by atoms with E-state index in [1.807, 2.05) is 0 Å². The van der Waals surface area contributed by atoms with Crippen molar-refractivity contribution in [1.82, 2.24) is 0 Å². The van der Waals surface area contributed by atoms with Crippen molar-refractivity contribution in [1.29, 1.82) is 0 Å². The van der Waals surface area contributed by atoms with Crippen LogP contribution in [0.3, 0.4) is 0 Å². The Morgan fingerprint density at radius 3 is 1.00 bits per heavy atom. The molecule has 0 aliphatic heterocycles. The summed E-state index contributed by atoms with van der Waals surface area (Å²) in [6, 6.07) is 0. The van der Waals surface area contributed by atoms with Crippen LogP contribution in [0.5, 0.6) is 0 Å². The molecule has 0 fully saturated rings. The minimum Gasteiger partial charge on any atom is 0 e. The first-order valence-electron chi connectivity index (χ1n) is 0. The molecule has 0 bridgehead atoms. The molecule has 0 saturated heterocycles. The second-order valence-corrected chi connectivity index (χ2v) is 0. The molecule has 0 nitrogen and oxygen atoms in total. The van der Waals surface area contributed by atoms with Gasteiger partial charge in [0.25, 0.3) is 0 Å². The molecule has 0 spiro atoms. The quantitative estimate of drug-likeness (QED) is 0.475. The van der Waals surface area contributed by atoms with Crippen LogP contribution in [-0.2, 0) is 110 Å². The number of hydrogen-bond acceptors (Lipinski definition) is 0. The zero-order chi connectivity index (χ0) is 0. The summed E-state index contributed by atoms with van der Waals surface area (Å²) in [7, 11) is 0. The molecule has 0 rings (SSSR count). The van der Waals surface area contributed by atoms with Crippen LogP contribution in [-0.4, -0.2) is 34.0 Å². The summed E-state index contributed by atoms with van der Waals surface area (Å²) < 4.78 is 0. The monoisotopic (exact) mass is 390 g/mol. The van der Waals surface area contributed by atoms with E-state index in [9.17, 15) is 0 Å². The average Bonchev–Trinajstić information content (AvgIpc) is 0. The molecule has 0 aromatic heterocycles. The van der Waals surface area contributed by atoms with Crippen LogP contribution in [0.2, 0.25) is 0 Å². The van der Waals surface area contributed by atoms with Crippen molar-refractivity contribution >= 4 is 34.0 Å². The van der Waals surface area contributed by atoms with Crippen LogP contribution in [0.25, 0.3) is 0 Å². The third-order valence-electron chi connectivity index (χ3n) is 0. The fourth-order valence-electron chi connectivity index (χ4n) is 0. The van der Waals surface area contributed by atoms with Gasteiger partial charge in [-0.1, -0.05) is 0 Å².